The fourth-order valence-corrected chi connectivity index (χ4v) is 4.71. The van der Waals surface area contributed by atoms with Gasteiger partial charge in [-0.05, 0) is 61.2 Å². The Morgan fingerprint density at radius 2 is 1.62 bits per heavy atom. The highest BCUT2D eigenvalue weighted by Crippen LogP contribution is 2.43. The number of aliphatic hydroxyl groups is 1. The van der Waals surface area contributed by atoms with Crippen LogP contribution in [0.3, 0.4) is 0 Å². The quantitative estimate of drug-likeness (QED) is 0.178. The Kier molecular flexibility index (Phi) is 7.63. The number of Topliss-reactive ketones (excluding diaryl/α,β-unsaturated/α-hetero) is 1. The average molecular weight is 528 g/mol. The van der Waals surface area contributed by atoms with Gasteiger partial charge in [-0.1, -0.05) is 57.2 Å². The molecule has 1 saturated heterocycles. The second-order valence-electron chi connectivity index (χ2n) is 10.7. The molecule has 1 aliphatic heterocycles. The van der Waals surface area contributed by atoms with Crippen molar-refractivity contribution in [3.8, 4) is 5.75 Å². The van der Waals surface area contributed by atoms with E-state index in [9.17, 15) is 19.5 Å². The zero-order valence-electron chi connectivity index (χ0n) is 23.0. The van der Waals surface area contributed by atoms with Crippen LogP contribution in [0, 0.1) is 0 Å². The molecule has 3 aromatic carbocycles. The fourth-order valence-electron chi connectivity index (χ4n) is 4.71. The second kappa shape index (κ2) is 10.8. The summed E-state index contributed by atoms with van der Waals surface area (Å²) in [5.74, 6) is -1.78. The van der Waals surface area contributed by atoms with E-state index >= 15 is 0 Å². The van der Waals surface area contributed by atoms with Gasteiger partial charge in [0.15, 0.2) is 0 Å². The van der Waals surface area contributed by atoms with Crippen molar-refractivity contribution in [1.82, 2.24) is 0 Å². The molecule has 0 aliphatic carbocycles. The molecule has 1 N–H and O–H groups in total. The molecule has 1 unspecified atom stereocenters. The van der Waals surface area contributed by atoms with Crippen LogP contribution in [0.25, 0.3) is 5.76 Å². The van der Waals surface area contributed by atoms with Crippen LogP contribution < -0.4 is 9.64 Å². The average Bonchev–Trinajstić information content (AvgIpc) is 3.17. The lowest BCUT2D eigenvalue weighted by Crippen LogP contribution is -2.29. The molecule has 0 bridgehead atoms. The minimum absolute atomic E-state index is 0.0358. The lowest BCUT2D eigenvalue weighted by molar-refractivity contribution is -0.132. The predicted molar refractivity (Wildman–Crippen MR) is 150 cm³/mol. The highest BCUT2D eigenvalue weighted by molar-refractivity contribution is 6.51. The first-order chi connectivity index (χ1) is 18.4. The number of rotatable bonds is 6. The number of hydrogen-bond donors (Lipinski definition) is 1. The topological polar surface area (TPSA) is 93.1 Å². The number of amides is 1. The van der Waals surface area contributed by atoms with E-state index in [4.69, 9.17) is 9.47 Å². The SMILES string of the molecule is COc1ccc(/C(O)=C2/C(=O)C(=O)N(c3cccc(C(=O)OC(C)C)c3)C2c2ccccc2)cc1C(C)(C)C. The zero-order chi connectivity index (χ0) is 28.5. The lowest BCUT2D eigenvalue weighted by atomic mass is 9.84. The number of esters is 1. The predicted octanol–water partition coefficient (Wildman–Crippen LogP) is 6.18. The number of carbonyl (C=O) groups is 3. The van der Waals surface area contributed by atoms with Crippen molar-refractivity contribution in [3.63, 3.8) is 0 Å². The summed E-state index contributed by atoms with van der Waals surface area (Å²) >= 11 is 0. The van der Waals surface area contributed by atoms with E-state index in [0.29, 0.717) is 22.6 Å². The molecule has 7 heteroatoms. The smallest absolute Gasteiger partial charge is 0.338 e. The van der Waals surface area contributed by atoms with Crippen LogP contribution in [0.5, 0.6) is 5.75 Å². The number of anilines is 1. The molecule has 1 fully saturated rings. The molecular weight excluding hydrogens is 494 g/mol. The van der Waals surface area contributed by atoms with Gasteiger partial charge in [0.2, 0.25) is 0 Å². The van der Waals surface area contributed by atoms with E-state index in [1.807, 2.05) is 26.8 Å². The van der Waals surface area contributed by atoms with E-state index < -0.39 is 23.7 Å². The van der Waals surface area contributed by atoms with Gasteiger partial charge < -0.3 is 14.6 Å². The highest BCUT2D eigenvalue weighted by atomic mass is 16.5. The van der Waals surface area contributed by atoms with Crippen LogP contribution in [0.4, 0.5) is 5.69 Å². The largest absolute Gasteiger partial charge is 0.507 e. The number of nitrogens with zero attached hydrogens (tertiary/aromatic N) is 1. The molecule has 0 radical (unpaired) electrons. The first-order valence-corrected chi connectivity index (χ1v) is 12.8. The summed E-state index contributed by atoms with van der Waals surface area (Å²) < 4.78 is 10.8. The minimum Gasteiger partial charge on any atom is -0.507 e. The molecule has 1 aliphatic rings. The third-order valence-corrected chi connectivity index (χ3v) is 6.54. The van der Waals surface area contributed by atoms with Crippen molar-refractivity contribution < 1.29 is 29.0 Å². The number of carbonyl (C=O) groups excluding carboxylic acids is 3. The third kappa shape index (κ3) is 5.43. The van der Waals surface area contributed by atoms with Gasteiger partial charge in [0.25, 0.3) is 11.7 Å². The summed E-state index contributed by atoms with van der Waals surface area (Å²) in [6.45, 7) is 9.57. The molecule has 0 spiro atoms. The van der Waals surface area contributed by atoms with Gasteiger partial charge in [0.05, 0.1) is 30.4 Å². The number of ether oxygens (including phenoxy) is 2. The van der Waals surface area contributed by atoms with E-state index in [1.165, 1.54) is 11.0 Å². The van der Waals surface area contributed by atoms with Crippen molar-refractivity contribution in [2.75, 3.05) is 12.0 Å². The maximum atomic E-state index is 13.5. The maximum absolute atomic E-state index is 13.5. The summed E-state index contributed by atoms with van der Waals surface area (Å²) in [5, 5.41) is 11.6. The Balaban J connectivity index is 1.91. The number of benzene rings is 3. The summed E-state index contributed by atoms with van der Waals surface area (Å²) in [6, 6.07) is 19.7. The van der Waals surface area contributed by atoms with Gasteiger partial charge >= 0.3 is 5.97 Å². The molecular formula is C32H33NO6. The Labute approximate surface area is 228 Å². The van der Waals surface area contributed by atoms with Gasteiger partial charge in [-0.2, -0.15) is 0 Å². The zero-order valence-corrected chi connectivity index (χ0v) is 23.0. The van der Waals surface area contributed by atoms with E-state index in [0.717, 1.165) is 5.56 Å². The molecule has 3 aromatic rings. The Hall–Kier alpha value is -4.39. The van der Waals surface area contributed by atoms with Crippen LogP contribution in [0.2, 0.25) is 0 Å². The molecule has 0 aromatic heterocycles. The Bertz CT molecular complexity index is 1450. The molecule has 7 nitrogen and oxygen atoms in total. The van der Waals surface area contributed by atoms with Gasteiger partial charge in [0, 0.05) is 16.8 Å². The summed E-state index contributed by atoms with van der Waals surface area (Å²) in [4.78, 5) is 41.0. The maximum Gasteiger partial charge on any atom is 0.338 e. The van der Waals surface area contributed by atoms with Crippen LogP contribution in [0.15, 0.2) is 78.4 Å². The molecule has 1 atom stereocenters. The molecule has 39 heavy (non-hydrogen) atoms. The van der Waals surface area contributed by atoms with E-state index in [-0.39, 0.29) is 28.4 Å². The van der Waals surface area contributed by atoms with Gasteiger partial charge in [0.1, 0.15) is 11.5 Å². The highest BCUT2D eigenvalue weighted by Gasteiger charge is 2.47. The van der Waals surface area contributed by atoms with Crippen molar-refractivity contribution in [3.05, 3.63) is 101 Å². The number of methoxy groups -OCH3 is 1. The van der Waals surface area contributed by atoms with Gasteiger partial charge in [-0.3, -0.25) is 14.5 Å². The van der Waals surface area contributed by atoms with Crippen LogP contribution in [0.1, 0.15) is 67.7 Å². The van der Waals surface area contributed by atoms with E-state index in [1.54, 1.807) is 81.6 Å². The van der Waals surface area contributed by atoms with Crippen molar-refractivity contribution in [2.24, 2.45) is 0 Å². The second-order valence-corrected chi connectivity index (χ2v) is 10.7. The summed E-state index contributed by atoms with van der Waals surface area (Å²) in [7, 11) is 1.58. The molecule has 4 rings (SSSR count). The molecule has 202 valence electrons. The fraction of sp³-hybridized carbons (Fsp3) is 0.281. The first kappa shape index (κ1) is 27.6. The van der Waals surface area contributed by atoms with E-state index in [2.05, 4.69) is 0 Å². The van der Waals surface area contributed by atoms with Gasteiger partial charge in [-0.15, -0.1) is 0 Å². The number of ketones is 1. The van der Waals surface area contributed by atoms with Crippen molar-refractivity contribution in [2.45, 2.75) is 52.2 Å². The van der Waals surface area contributed by atoms with Crippen molar-refractivity contribution in [1.29, 1.82) is 0 Å². The number of aliphatic hydroxyl groups excluding tert-OH is 1. The first-order valence-electron chi connectivity index (χ1n) is 12.8. The summed E-state index contributed by atoms with van der Waals surface area (Å²) in [6.07, 6.45) is -0.317. The number of hydrogen-bond acceptors (Lipinski definition) is 6. The molecule has 0 saturated carbocycles. The summed E-state index contributed by atoms with van der Waals surface area (Å²) in [5.41, 5.74) is 2.12. The van der Waals surface area contributed by atoms with Crippen LogP contribution >= 0.6 is 0 Å². The lowest BCUT2D eigenvalue weighted by Gasteiger charge is -2.26. The monoisotopic (exact) mass is 527 g/mol. The van der Waals surface area contributed by atoms with Crippen LogP contribution in [-0.4, -0.2) is 36.0 Å². The van der Waals surface area contributed by atoms with Crippen molar-refractivity contribution >= 4 is 29.1 Å². The standard InChI is InChI=1S/C32H33NO6/c1-19(2)39-31(37)22-13-10-14-23(17-22)33-27(20-11-8-7-9-12-20)26(29(35)30(33)36)28(34)21-15-16-25(38-6)24(18-21)32(3,4)5/h7-19,27,34H,1-6H3/b28-26-. The minimum atomic E-state index is -0.914. The molecule has 1 heterocycles. The van der Waals surface area contributed by atoms with Crippen LogP contribution in [-0.2, 0) is 19.7 Å². The Morgan fingerprint density at radius 1 is 0.923 bits per heavy atom. The molecule has 1 amide bonds. The Morgan fingerprint density at radius 3 is 2.23 bits per heavy atom. The third-order valence-electron chi connectivity index (χ3n) is 6.54. The van der Waals surface area contributed by atoms with Gasteiger partial charge in [-0.25, -0.2) is 4.79 Å². The normalized spacial score (nSPS) is 17.0.